The molecule has 82 valence electrons. The molecule has 0 saturated heterocycles. The van der Waals surface area contributed by atoms with Gasteiger partial charge in [-0.05, 0) is 13.8 Å². The largest absolute Gasteiger partial charge is 0.328 e. The summed E-state index contributed by atoms with van der Waals surface area (Å²) in [6.45, 7) is 5.03. The van der Waals surface area contributed by atoms with Crippen molar-refractivity contribution < 1.29 is 0 Å². The second-order valence-corrected chi connectivity index (χ2v) is 4.08. The third kappa shape index (κ3) is 1.63. The van der Waals surface area contributed by atoms with Crippen LogP contribution in [0.4, 0.5) is 0 Å². The van der Waals surface area contributed by atoms with Crippen LogP contribution in [-0.2, 0) is 13.0 Å². The molecule has 5 heteroatoms. The number of rotatable bonds is 1. The van der Waals surface area contributed by atoms with Gasteiger partial charge in [0.2, 0.25) is 0 Å². The lowest BCUT2D eigenvalue weighted by Crippen LogP contribution is -2.43. The molecule has 0 amide bonds. The van der Waals surface area contributed by atoms with E-state index >= 15 is 0 Å². The monoisotopic (exact) mass is 209 g/mol. The molecule has 2 heterocycles. The number of hydrogen-bond donors (Lipinski definition) is 2. The molecule has 2 N–H and O–H groups in total. The number of nitrogens with one attached hydrogen (secondary N) is 2. The van der Waals surface area contributed by atoms with Crippen molar-refractivity contribution in [3.05, 3.63) is 32.1 Å². The fourth-order valence-corrected chi connectivity index (χ4v) is 1.92. The molecule has 1 aliphatic heterocycles. The van der Waals surface area contributed by atoms with E-state index in [-0.39, 0.29) is 17.3 Å². The Bertz CT molecular complexity index is 484. The van der Waals surface area contributed by atoms with Gasteiger partial charge in [0, 0.05) is 31.2 Å². The minimum atomic E-state index is -0.296. The molecule has 5 nitrogen and oxygen atoms in total. The molecule has 1 aromatic heterocycles. The summed E-state index contributed by atoms with van der Waals surface area (Å²) in [6.07, 6.45) is 0.721. The lowest BCUT2D eigenvalue weighted by Gasteiger charge is -2.18. The second-order valence-electron chi connectivity index (χ2n) is 4.08. The summed E-state index contributed by atoms with van der Waals surface area (Å²) >= 11 is 0. The third-order valence-electron chi connectivity index (χ3n) is 2.69. The maximum absolute atomic E-state index is 12.0. The van der Waals surface area contributed by atoms with E-state index in [4.69, 9.17) is 0 Å². The van der Waals surface area contributed by atoms with Crippen LogP contribution in [-0.4, -0.2) is 16.1 Å². The van der Waals surface area contributed by atoms with E-state index in [1.165, 1.54) is 4.57 Å². The van der Waals surface area contributed by atoms with E-state index in [0.717, 1.165) is 18.7 Å². The fourth-order valence-electron chi connectivity index (χ4n) is 1.92. The van der Waals surface area contributed by atoms with Gasteiger partial charge in [-0.2, -0.15) is 0 Å². The van der Waals surface area contributed by atoms with Crippen LogP contribution < -0.4 is 16.6 Å². The highest BCUT2D eigenvalue weighted by molar-refractivity contribution is 5.19. The summed E-state index contributed by atoms with van der Waals surface area (Å²) in [5.74, 6) is 0. The SMILES string of the molecule is CC(C)n1c(=O)[nH]c2c(c1=O)CNCC2. The lowest BCUT2D eigenvalue weighted by atomic mass is 10.1. The van der Waals surface area contributed by atoms with Crippen molar-refractivity contribution in [2.75, 3.05) is 6.54 Å². The Labute approximate surface area is 87.1 Å². The van der Waals surface area contributed by atoms with Gasteiger partial charge in [-0.15, -0.1) is 0 Å². The zero-order valence-electron chi connectivity index (χ0n) is 8.96. The zero-order chi connectivity index (χ0) is 11.0. The van der Waals surface area contributed by atoms with E-state index < -0.39 is 0 Å². The van der Waals surface area contributed by atoms with E-state index in [1.807, 2.05) is 13.8 Å². The minimum Gasteiger partial charge on any atom is -0.312 e. The summed E-state index contributed by atoms with van der Waals surface area (Å²) in [4.78, 5) is 26.4. The Morgan fingerprint density at radius 2 is 2.07 bits per heavy atom. The van der Waals surface area contributed by atoms with Gasteiger partial charge >= 0.3 is 5.69 Å². The molecule has 0 bridgehead atoms. The highest BCUT2D eigenvalue weighted by Crippen LogP contribution is 2.05. The Hall–Kier alpha value is -1.36. The molecule has 0 saturated carbocycles. The zero-order valence-corrected chi connectivity index (χ0v) is 8.96. The Balaban J connectivity index is 2.70. The molecule has 0 radical (unpaired) electrons. The summed E-state index contributed by atoms with van der Waals surface area (Å²) in [5, 5.41) is 3.13. The molecule has 15 heavy (non-hydrogen) atoms. The van der Waals surface area contributed by atoms with Gasteiger partial charge in [-0.3, -0.25) is 9.36 Å². The third-order valence-corrected chi connectivity index (χ3v) is 2.69. The van der Waals surface area contributed by atoms with Crippen molar-refractivity contribution in [2.45, 2.75) is 32.9 Å². The Morgan fingerprint density at radius 1 is 1.33 bits per heavy atom. The number of fused-ring (bicyclic) bond motifs is 1. The first-order valence-electron chi connectivity index (χ1n) is 5.18. The van der Waals surface area contributed by atoms with Gasteiger partial charge in [-0.25, -0.2) is 4.79 Å². The molecule has 0 unspecified atom stereocenters. The first-order valence-corrected chi connectivity index (χ1v) is 5.18. The first kappa shape index (κ1) is 10.2. The molecule has 0 fully saturated rings. The van der Waals surface area contributed by atoms with Crippen LogP contribution in [0.5, 0.6) is 0 Å². The number of hydrogen-bond acceptors (Lipinski definition) is 3. The van der Waals surface area contributed by atoms with Crippen molar-refractivity contribution in [3.63, 3.8) is 0 Å². The van der Waals surface area contributed by atoms with Gasteiger partial charge < -0.3 is 10.3 Å². The fraction of sp³-hybridized carbons (Fsp3) is 0.600. The summed E-state index contributed by atoms with van der Waals surface area (Å²) in [6, 6.07) is -0.103. The quantitative estimate of drug-likeness (QED) is 0.671. The Kier molecular flexibility index (Phi) is 2.48. The molecular formula is C10H15N3O2. The van der Waals surface area contributed by atoms with E-state index in [2.05, 4.69) is 10.3 Å². The normalized spacial score (nSPS) is 15.4. The van der Waals surface area contributed by atoms with Gasteiger partial charge in [0.25, 0.3) is 5.56 Å². The predicted octanol–water partition coefficient (Wildman–Crippen LogP) is -0.237. The molecule has 0 aliphatic carbocycles. The first-order chi connectivity index (χ1) is 7.11. The number of H-pyrrole nitrogens is 1. The predicted molar refractivity (Wildman–Crippen MR) is 57.1 cm³/mol. The van der Waals surface area contributed by atoms with Crippen molar-refractivity contribution in [3.8, 4) is 0 Å². The summed E-state index contributed by atoms with van der Waals surface area (Å²) in [7, 11) is 0. The summed E-state index contributed by atoms with van der Waals surface area (Å²) in [5.41, 5.74) is 1.04. The van der Waals surface area contributed by atoms with Crippen molar-refractivity contribution >= 4 is 0 Å². The number of nitrogens with zero attached hydrogens (tertiary/aromatic N) is 1. The maximum atomic E-state index is 12.0. The average Bonchev–Trinajstić information content (AvgIpc) is 2.17. The van der Waals surface area contributed by atoms with Crippen LogP contribution >= 0.6 is 0 Å². The van der Waals surface area contributed by atoms with E-state index in [1.54, 1.807) is 0 Å². The van der Waals surface area contributed by atoms with Crippen LogP contribution in [0.2, 0.25) is 0 Å². The van der Waals surface area contributed by atoms with Gasteiger partial charge in [0.1, 0.15) is 0 Å². The van der Waals surface area contributed by atoms with Crippen LogP contribution in [0.15, 0.2) is 9.59 Å². The number of aromatic amines is 1. The topological polar surface area (TPSA) is 66.9 Å². The van der Waals surface area contributed by atoms with Crippen molar-refractivity contribution in [1.29, 1.82) is 0 Å². The lowest BCUT2D eigenvalue weighted by molar-refractivity contribution is 0.516. The maximum Gasteiger partial charge on any atom is 0.328 e. The molecule has 1 aromatic rings. The average molecular weight is 209 g/mol. The molecular weight excluding hydrogens is 194 g/mol. The molecule has 1 aliphatic rings. The highest BCUT2D eigenvalue weighted by Gasteiger charge is 2.17. The van der Waals surface area contributed by atoms with Gasteiger partial charge in [0.15, 0.2) is 0 Å². The van der Waals surface area contributed by atoms with E-state index in [0.29, 0.717) is 12.1 Å². The van der Waals surface area contributed by atoms with Crippen LogP contribution in [0.1, 0.15) is 31.1 Å². The number of aromatic nitrogens is 2. The smallest absolute Gasteiger partial charge is 0.312 e. The second kappa shape index (κ2) is 3.66. The van der Waals surface area contributed by atoms with Gasteiger partial charge in [-0.1, -0.05) is 0 Å². The molecule has 0 spiro atoms. The van der Waals surface area contributed by atoms with Crippen LogP contribution in [0, 0.1) is 0 Å². The van der Waals surface area contributed by atoms with E-state index in [9.17, 15) is 9.59 Å². The molecule has 2 rings (SSSR count). The molecule has 0 aromatic carbocycles. The standard InChI is InChI=1S/C10H15N3O2/c1-6(2)13-9(14)7-5-11-4-3-8(7)12-10(13)15/h6,11H,3-5H2,1-2H3,(H,12,15). The van der Waals surface area contributed by atoms with Crippen LogP contribution in [0.25, 0.3) is 0 Å². The Morgan fingerprint density at radius 3 is 2.73 bits per heavy atom. The van der Waals surface area contributed by atoms with Crippen molar-refractivity contribution in [1.82, 2.24) is 14.9 Å². The van der Waals surface area contributed by atoms with Gasteiger partial charge in [0.05, 0.1) is 5.56 Å². The molecule has 0 atom stereocenters. The van der Waals surface area contributed by atoms with Crippen molar-refractivity contribution in [2.24, 2.45) is 0 Å². The summed E-state index contributed by atoms with van der Waals surface area (Å²) < 4.78 is 1.27. The minimum absolute atomic E-state index is 0.103. The van der Waals surface area contributed by atoms with Crippen LogP contribution in [0.3, 0.4) is 0 Å². The highest BCUT2D eigenvalue weighted by atomic mass is 16.2.